The second-order valence-electron chi connectivity index (χ2n) is 3.95. The van der Waals surface area contributed by atoms with Crippen LogP contribution in [0.1, 0.15) is 5.56 Å². The van der Waals surface area contributed by atoms with Gasteiger partial charge in [0.05, 0.1) is 0 Å². The first-order valence-electron chi connectivity index (χ1n) is 4.26. The molecule has 0 fully saturated rings. The van der Waals surface area contributed by atoms with Crippen LogP contribution < -0.4 is 4.43 Å². The highest BCUT2D eigenvalue weighted by Crippen LogP contribution is 2.34. The van der Waals surface area contributed by atoms with Crippen molar-refractivity contribution >= 4 is 8.32 Å². The number of halogens is 3. The van der Waals surface area contributed by atoms with E-state index in [2.05, 4.69) is 9.97 Å². The SMILES string of the molecule is C[Si](C)(C)Oc1ncncc1C(F)(F)F. The molecule has 7 heteroatoms. The molecule has 1 aromatic rings. The monoisotopic (exact) mass is 236 g/mol. The minimum Gasteiger partial charge on any atom is -0.531 e. The van der Waals surface area contributed by atoms with E-state index in [9.17, 15) is 13.2 Å². The molecule has 0 saturated heterocycles. The number of nitrogens with zero attached hydrogens (tertiary/aromatic N) is 2. The van der Waals surface area contributed by atoms with Crippen molar-refractivity contribution in [1.82, 2.24) is 9.97 Å². The van der Waals surface area contributed by atoms with E-state index in [0.29, 0.717) is 0 Å². The predicted octanol–water partition coefficient (Wildman–Crippen LogP) is 2.71. The summed E-state index contributed by atoms with van der Waals surface area (Å²) in [5.41, 5.74) is -0.924. The zero-order valence-electron chi connectivity index (χ0n) is 8.59. The van der Waals surface area contributed by atoms with E-state index in [0.717, 1.165) is 12.5 Å². The van der Waals surface area contributed by atoms with Crippen LogP contribution in [0, 0.1) is 0 Å². The summed E-state index contributed by atoms with van der Waals surface area (Å²) in [5, 5.41) is 0. The van der Waals surface area contributed by atoms with Gasteiger partial charge in [-0.1, -0.05) is 0 Å². The second kappa shape index (κ2) is 3.80. The molecule has 15 heavy (non-hydrogen) atoms. The molecule has 1 aromatic heterocycles. The fourth-order valence-corrected chi connectivity index (χ4v) is 1.63. The third-order valence-electron chi connectivity index (χ3n) is 1.38. The Morgan fingerprint density at radius 3 is 2.33 bits per heavy atom. The van der Waals surface area contributed by atoms with Crippen LogP contribution in [0.4, 0.5) is 13.2 Å². The van der Waals surface area contributed by atoms with Gasteiger partial charge in [0.25, 0.3) is 0 Å². The van der Waals surface area contributed by atoms with Crippen molar-refractivity contribution in [3.63, 3.8) is 0 Å². The molecule has 0 N–H and O–H groups in total. The summed E-state index contributed by atoms with van der Waals surface area (Å²) >= 11 is 0. The number of rotatable bonds is 2. The van der Waals surface area contributed by atoms with Crippen LogP contribution in [-0.4, -0.2) is 18.3 Å². The normalized spacial score (nSPS) is 12.7. The maximum atomic E-state index is 12.5. The molecule has 1 rings (SSSR count). The van der Waals surface area contributed by atoms with Gasteiger partial charge >= 0.3 is 6.18 Å². The van der Waals surface area contributed by atoms with Crippen LogP contribution in [0.3, 0.4) is 0 Å². The Hall–Kier alpha value is -1.11. The Balaban J connectivity index is 3.08. The molecule has 0 saturated carbocycles. The number of hydrogen-bond donors (Lipinski definition) is 0. The molecular weight excluding hydrogens is 225 g/mol. The average molecular weight is 236 g/mol. The molecule has 0 aliphatic rings. The largest absolute Gasteiger partial charge is 0.531 e. The van der Waals surface area contributed by atoms with Gasteiger partial charge in [-0.15, -0.1) is 0 Å². The van der Waals surface area contributed by atoms with E-state index in [-0.39, 0.29) is 5.88 Å². The number of hydrogen-bond acceptors (Lipinski definition) is 3. The van der Waals surface area contributed by atoms with Crippen LogP contribution in [-0.2, 0) is 6.18 Å². The summed E-state index contributed by atoms with van der Waals surface area (Å²) in [6.45, 7) is 5.36. The Labute approximate surface area is 86.4 Å². The lowest BCUT2D eigenvalue weighted by Gasteiger charge is -2.20. The van der Waals surface area contributed by atoms with E-state index in [1.165, 1.54) is 0 Å². The molecule has 0 aromatic carbocycles. The molecule has 0 radical (unpaired) electrons. The Morgan fingerprint density at radius 2 is 1.87 bits per heavy atom. The van der Waals surface area contributed by atoms with Gasteiger partial charge in [0.15, 0.2) is 0 Å². The molecule has 0 atom stereocenters. The van der Waals surface area contributed by atoms with Crippen LogP contribution in [0.5, 0.6) is 5.88 Å². The quantitative estimate of drug-likeness (QED) is 0.740. The van der Waals surface area contributed by atoms with E-state index in [4.69, 9.17) is 4.43 Å². The lowest BCUT2D eigenvalue weighted by molar-refractivity contribution is -0.139. The molecule has 0 aliphatic carbocycles. The maximum absolute atomic E-state index is 12.5. The Morgan fingerprint density at radius 1 is 1.27 bits per heavy atom. The van der Waals surface area contributed by atoms with Gasteiger partial charge in [-0.05, 0) is 19.6 Å². The van der Waals surface area contributed by atoms with Crippen molar-refractivity contribution < 1.29 is 17.6 Å². The van der Waals surface area contributed by atoms with Crippen LogP contribution in [0.25, 0.3) is 0 Å². The van der Waals surface area contributed by atoms with E-state index < -0.39 is 20.1 Å². The van der Waals surface area contributed by atoms with Crippen LogP contribution in [0.2, 0.25) is 19.6 Å². The lowest BCUT2D eigenvalue weighted by atomic mass is 10.3. The van der Waals surface area contributed by atoms with Gasteiger partial charge < -0.3 is 4.43 Å². The zero-order chi connectivity index (χ0) is 11.7. The first kappa shape index (κ1) is 12.0. The molecular formula is C8H11F3N2OSi. The predicted molar refractivity (Wildman–Crippen MR) is 51.0 cm³/mol. The minimum atomic E-state index is -4.48. The van der Waals surface area contributed by atoms with E-state index in [1.807, 2.05) is 0 Å². The summed E-state index contributed by atoms with van der Waals surface area (Å²) in [7, 11) is -2.10. The highest BCUT2D eigenvalue weighted by atomic mass is 28.4. The lowest BCUT2D eigenvalue weighted by Crippen LogP contribution is -2.31. The fraction of sp³-hybridized carbons (Fsp3) is 0.500. The molecule has 0 bridgehead atoms. The van der Waals surface area contributed by atoms with Gasteiger partial charge in [-0.25, -0.2) is 9.97 Å². The van der Waals surface area contributed by atoms with Gasteiger partial charge in [-0.2, -0.15) is 13.2 Å². The number of alkyl halides is 3. The molecule has 0 amide bonds. The fourth-order valence-electron chi connectivity index (χ4n) is 0.884. The summed E-state index contributed by atoms with van der Waals surface area (Å²) in [5.74, 6) is -0.378. The standard InChI is InChI=1S/C8H11F3N2OSi/c1-15(2,3)14-7-6(8(9,10)11)4-12-5-13-7/h4-5H,1-3H3. The topological polar surface area (TPSA) is 35.0 Å². The Kier molecular flexibility index (Phi) is 3.03. The van der Waals surface area contributed by atoms with Gasteiger partial charge in [0.1, 0.15) is 11.9 Å². The smallest absolute Gasteiger partial charge is 0.423 e. The summed E-state index contributed by atoms with van der Waals surface area (Å²) in [6, 6.07) is 0. The van der Waals surface area contributed by atoms with Crippen LogP contribution in [0.15, 0.2) is 12.5 Å². The highest BCUT2D eigenvalue weighted by Gasteiger charge is 2.36. The molecule has 0 spiro atoms. The first-order chi connectivity index (χ1) is 6.70. The molecule has 3 nitrogen and oxygen atoms in total. The van der Waals surface area contributed by atoms with Crippen LogP contribution >= 0.6 is 0 Å². The molecule has 0 aliphatic heterocycles. The molecule has 1 heterocycles. The van der Waals surface area contributed by atoms with Gasteiger partial charge in [-0.3, -0.25) is 0 Å². The summed E-state index contributed by atoms with van der Waals surface area (Å²) < 4.78 is 42.7. The zero-order valence-corrected chi connectivity index (χ0v) is 9.59. The second-order valence-corrected chi connectivity index (χ2v) is 8.38. The highest BCUT2D eigenvalue weighted by molar-refractivity contribution is 6.70. The van der Waals surface area contributed by atoms with Gasteiger partial charge in [0, 0.05) is 6.20 Å². The number of aromatic nitrogens is 2. The van der Waals surface area contributed by atoms with Gasteiger partial charge in [0.2, 0.25) is 14.2 Å². The van der Waals surface area contributed by atoms with Crippen molar-refractivity contribution in [2.24, 2.45) is 0 Å². The average Bonchev–Trinajstić information content (AvgIpc) is 1.99. The van der Waals surface area contributed by atoms with Crippen molar-refractivity contribution in [3.8, 4) is 5.88 Å². The van der Waals surface area contributed by atoms with Crippen molar-refractivity contribution in [3.05, 3.63) is 18.1 Å². The van der Waals surface area contributed by atoms with E-state index >= 15 is 0 Å². The summed E-state index contributed by atoms with van der Waals surface area (Å²) in [6.07, 6.45) is -2.70. The first-order valence-corrected chi connectivity index (χ1v) is 7.67. The molecule has 84 valence electrons. The van der Waals surface area contributed by atoms with Crippen molar-refractivity contribution in [2.75, 3.05) is 0 Å². The summed E-state index contributed by atoms with van der Waals surface area (Å²) in [4.78, 5) is 6.86. The minimum absolute atomic E-state index is 0.378. The third-order valence-corrected chi connectivity index (χ3v) is 2.19. The maximum Gasteiger partial charge on any atom is 0.423 e. The van der Waals surface area contributed by atoms with E-state index in [1.54, 1.807) is 19.6 Å². The molecule has 0 unspecified atom stereocenters. The van der Waals surface area contributed by atoms with Crippen molar-refractivity contribution in [2.45, 2.75) is 25.8 Å². The van der Waals surface area contributed by atoms with Crippen molar-refractivity contribution in [1.29, 1.82) is 0 Å². The Bertz CT molecular complexity index is 348. The third kappa shape index (κ3) is 3.50.